The fourth-order valence-corrected chi connectivity index (χ4v) is 3.40. The van der Waals surface area contributed by atoms with Crippen molar-refractivity contribution in [3.8, 4) is 5.69 Å². The Bertz CT molecular complexity index is 1030. The Kier molecular flexibility index (Phi) is 4.27. The van der Waals surface area contributed by atoms with Crippen LogP contribution in [0, 0.1) is 6.92 Å². The molecule has 1 aromatic carbocycles. The number of rotatable bonds is 3. The number of benzene rings is 1. The molecule has 0 saturated carbocycles. The quantitative estimate of drug-likeness (QED) is 0.727. The van der Waals surface area contributed by atoms with Crippen LogP contribution in [0.4, 0.5) is 10.5 Å². The van der Waals surface area contributed by atoms with Crippen LogP contribution in [-0.2, 0) is 20.0 Å². The lowest BCUT2D eigenvalue weighted by Crippen LogP contribution is -2.43. The predicted octanol–water partition coefficient (Wildman–Crippen LogP) is 1.21. The van der Waals surface area contributed by atoms with Gasteiger partial charge in [-0.2, -0.15) is 5.10 Å². The van der Waals surface area contributed by atoms with Crippen molar-refractivity contribution in [2.75, 3.05) is 5.32 Å². The molecule has 9 heteroatoms. The number of anilines is 1. The summed E-state index contributed by atoms with van der Waals surface area (Å²) in [5, 5.41) is 9.80. The molecule has 0 fully saturated rings. The van der Waals surface area contributed by atoms with E-state index in [0.717, 1.165) is 24.4 Å². The zero-order chi connectivity index (χ0) is 19.0. The monoisotopic (exact) mass is 367 g/mol. The number of urea groups is 1. The third-order valence-electron chi connectivity index (χ3n) is 4.93. The molecule has 2 N–H and O–H groups in total. The number of hydrogen-bond acceptors (Lipinski definition) is 4. The highest BCUT2D eigenvalue weighted by Gasteiger charge is 2.23. The summed E-state index contributed by atoms with van der Waals surface area (Å²) in [4.78, 5) is 29.5. The molecule has 27 heavy (non-hydrogen) atoms. The number of nitrogens with zero attached hydrogens (tertiary/aromatic N) is 5. The van der Waals surface area contributed by atoms with E-state index in [2.05, 4.69) is 20.7 Å². The molecule has 3 heterocycles. The van der Waals surface area contributed by atoms with Crippen LogP contribution in [0.15, 0.2) is 41.5 Å². The average molecular weight is 367 g/mol. The van der Waals surface area contributed by atoms with Gasteiger partial charge in [0.15, 0.2) is 0 Å². The standard InChI is InChI=1S/C18H21N7O2/c1-12-16(17(26)25(23(12)2)14-6-4-3-5-7-14)22-18(27)21-13-8-9-15-19-11-20-24(15)10-13/h3-7,11,13H,8-10H2,1-2H3,(H2,21,22,27)/t13-/m1/s1. The first-order valence-corrected chi connectivity index (χ1v) is 8.83. The van der Waals surface area contributed by atoms with Gasteiger partial charge in [-0.05, 0) is 25.5 Å². The van der Waals surface area contributed by atoms with Crippen LogP contribution in [-0.4, -0.2) is 36.2 Å². The van der Waals surface area contributed by atoms with Gasteiger partial charge in [0, 0.05) is 13.5 Å². The minimum absolute atomic E-state index is 0.0560. The van der Waals surface area contributed by atoms with Crippen molar-refractivity contribution >= 4 is 11.7 Å². The van der Waals surface area contributed by atoms with Crippen molar-refractivity contribution in [1.29, 1.82) is 0 Å². The summed E-state index contributed by atoms with van der Waals surface area (Å²) in [6.07, 6.45) is 3.07. The van der Waals surface area contributed by atoms with Gasteiger partial charge in [-0.25, -0.2) is 19.1 Å². The van der Waals surface area contributed by atoms with Crippen LogP contribution in [0.1, 0.15) is 17.9 Å². The van der Waals surface area contributed by atoms with Gasteiger partial charge >= 0.3 is 6.03 Å². The fourth-order valence-electron chi connectivity index (χ4n) is 3.40. The molecule has 140 valence electrons. The molecule has 0 saturated heterocycles. The van der Waals surface area contributed by atoms with Crippen LogP contribution in [0.5, 0.6) is 0 Å². The van der Waals surface area contributed by atoms with E-state index in [9.17, 15) is 9.59 Å². The lowest BCUT2D eigenvalue weighted by molar-refractivity contribution is 0.243. The van der Waals surface area contributed by atoms with Crippen molar-refractivity contribution in [3.63, 3.8) is 0 Å². The van der Waals surface area contributed by atoms with E-state index in [4.69, 9.17) is 0 Å². The van der Waals surface area contributed by atoms with E-state index in [0.29, 0.717) is 12.2 Å². The molecule has 2 amide bonds. The second-order valence-corrected chi connectivity index (χ2v) is 6.63. The zero-order valence-electron chi connectivity index (χ0n) is 15.2. The van der Waals surface area contributed by atoms with Gasteiger partial charge in [0.25, 0.3) is 5.56 Å². The van der Waals surface area contributed by atoms with Crippen LogP contribution in [0.25, 0.3) is 5.69 Å². The van der Waals surface area contributed by atoms with Crippen LogP contribution >= 0.6 is 0 Å². The Labute approximate surface area is 155 Å². The number of amides is 2. The topological polar surface area (TPSA) is 98.8 Å². The maximum absolute atomic E-state index is 12.8. The van der Waals surface area contributed by atoms with Crippen molar-refractivity contribution in [3.05, 3.63) is 58.5 Å². The molecule has 0 unspecified atom stereocenters. The molecule has 1 atom stereocenters. The molecular formula is C18H21N7O2. The number of carbonyl (C=O) groups excluding carboxylic acids is 1. The van der Waals surface area contributed by atoms with Gasteiger partial charge in [-0.3, -0.25) is 9.48 Å². The first-order valence-electron chi connectivity index (χ1n) is 8.83. The van der Waals surface area contributed by atoms with E-state index in [1.54, 1.807) is 23.3 Å². The van der Waals surface area contributed by atoms with Crippen molar-refractivity contribution < 1.29 is 4.79 Å². The third kappa shape index (κ3) is 3.12. The summed E-state index contributed by atoms with van der Waals surface area (Å²) in [5.74, 6) is 0.929. The first kappa shape index (κ1) is 17.1. The number of aryl methyl sites for hydroxylation is 1. The molecule has 9 nitrogen and oxygen atoms in total. The molecule has 1 aliphatic heterocycles. The van der Waals surface area contributed by atoms with Crippen molar-refractivity contribution in [1.82, 2.24) is 29.4 Å². The second kappa shape index (κ2) is 6.75. The SMILES string of the molecule is Cc1c(NC(=O)N[C@@H]2CCc3ncnn3C2)c(=O)n(-c2ccccc2)n1C. The highest BCUT2D eigenvalue weighted by molar-refractivity contribution is 5.90. The minimum Gasteiger partial charge on any atom is -0.333 e. The van der Waals surface area contributed by atoms with E-state index in [1.165, 1.54) is 11.0 Å². The Hall–Kier alpha value is -3.36. The lowest BCUT2D eigenvalue weighted by Gasteiger charge is -2.23. The molecule has 0 radical (unpaired) electrons. The van der Waals surface area contributed by atoms with Gasteiger partial charge in [0.2, 0.25) is 0 Å². The van der Waals surface area contributed by atoms with Crippen LogP contribution in [0.2, 0.25) is 0 Å². The van der Waals surface area contributed by atoms with E-state index in [1.807, 2.05) is 30.3 Å². The molecule has 3 aromatic rings. The molecule has 0 aliphatic carbocycles. The van der Waals surface area contributed by atoms with Crippen LogP contribution < -0.4 is 16.2 Å². The third-order valence-corrected chi connectivity index (χ3v) is 4.93. The summed E-state index contributed by atoms with van der Waals surface area (Å²) in [6.45, 7) is 2.38. The number of aromatic nitrogens is 5. The second-order valence-electron chi connectivity index (χ2n) is 6.63. The number of carbonyl (C=O) groups is 1. The van der Waals surface area contributed by atoms with Gasteiger partial charge < -0.3 is 10.6 Å². The fraction of sp³-hybridized carbons (Fsp3) is 0.333. The smallest absolute Gasteiger partial charge is 0.319 e. The van der Waals surface area contributed by atoms with E-state index >= 15 is 0 Å². The molecule has 1 aliphatic rings. The maximum Gasteiger partial charge on any atom is 0.319 e. The number of fused-ring (bicyclic) bond motifs is 1. The lowest BCUT2D eigenvalue weighted by atomic mass is 10.1. The number of para-hydroxylation sites is 1. The molecule has 0 bridgehead atoms. The summed E-state index contributed by atoms with van der Waals surface area (Å²) in [6, 6.07) is 8.87. The zero-order valence-corrected chi connectivity index (χ0v) is 15.2. The number of hydrogen-bond donors (Lipinski definition) is 2. The Balaban J connectivity index is 1.51. The van der Waals surface area contributed by atoms with Gasteiger partial charge in [-0.1, -0.05) is 18.2 Å². The highest BCUT2D eigenvalue weighted by atomic mass is 16.2. The largest absolute Gasteiger partial charge is 0.333 e. The maximum atomic E-state index is 12.8. The first-order chi connectivity index (χ1) is 13.0. The van der Waals surface area contributed by atoms with Gasteiger partial charge in [-0.15, -0.1) is 0 Å². The normalized spacial score (nSPS) is 16.0. The van der Waals surface area contributed by atoms with Crippen molar-refractivity contribution in [2.45, 2.75) is 32.4 Å². The van der Waals surface area contributed by atoms with Crippen molar-refractivity contribution in [2.24, 2.45) is 7.05 Å². The van der Waals surface area contributed by atoms with Crippen LogP contribution in [0.3, 0.4) is 0 Å². The Morgan fingerprint density at radius 3 is 2.81 bits per heavy atom. The van der Waals surface area contributed by atoms with E-state index < -0.39 is 6.03 Å². The minimum atomic E-state index is -0.394. The van der Waals surface area contributed by atoms with E-state index in [-0.39, 0.29) is 17.3 Å². The molecule has 2 aromatic heterocycles. The molecular weight excluding hydrogens is 346 g/mol. The predicted molar refractivity (Wildman–Crippen MR) is 100 cm³/mol. The number of nitrogens with one attached hydrogen (secondary N) is 2. The Morgan fingerprint density at radius 1 is 1.26 bits per heavy atom. The summed E-state index contributed by atoms with van der Waals surface area (Å²) < 4.78 is 5.06. The van der Waals surface area contributed by atoms with Gasteiger partial charge in [0.05, 0.1) is 24.0 Å². The molecule has 4 rings (SSSR count). The highest BCUT2D eigenvalue weighted by Crippen LogP contribution is 2.15. The Morgan fingerprint density at radius 2 is 2.04 bits per heavy atom. The van der Waals surface area contributed by atoms with Gasteiger partial charge in [0.1, 0.15) is 17.8 Å². The molecule has 0 spiro atoms. The summed E-state index contributed by atoms with van der Waals surface area (Å²) in [7, 11) is 1.79. The average Bonchev–Trinajstić information content (AvgIpc) is 3.21. The summed E-state index contributed by atoms with van der Waals surface area (Å²) >= 11 is 0. The summed E-state index contributed by atoms with van der Waals surface area (Å²) in [5.41, 5.74) is 1.43.